The maximum absolute atomic E-state index is 14.0. The molecule has 1 aliphatic rings. The molecule has 33 heavy (non-hydrogen) atoms. The number of fused-ring (bicyclic) bond motifs is 1. The Morgan fingerprint density at radius 3 is 2.61 bits per heavy atom. The SMILES string of the molecule is CC(C)c1ncc(CCCCO[Si](C)(C)C(C)(C)C)cc1N1CN=Cc2cc(F)c(Cl)nc21. The number of anilines is 2. The lowest BCUT2D eigenvalue weighted by Gasteiger charge is -2.36. The van der Waals surface area contributed by atoms with Gasteiger partial charge in [-0.2, -0.15) is 0 Å². The van der Waals surface area contributed by atoms with Crippen molar-refractivity contribution in [1.29, 1.82) is 0 Å². The fourth-order valence-corrected chi connectivity index (χ4v) is 4.76. The fraction of sp³-hybridized carbons (Fsp3) is 0.560. The molecular weight excluding hydrogens is 455 g/mol. The zero-order chi connectivity index (χ0) is 24.4. The van der Waals surface area contributed by atoms with Gasteiger partial charge in [0, 0.05) is 24.6 Å². The first-order valence-electron chi connectivity index (χ1n) is 11.7. The van der Waals surface area contributed by atoms with E-state index in [9.17, 15) is 4.39 Å². The highest BCUT2D eigenvalue weighted by Crippen LogP contribution is 2.37. The molecule has 0 N–H and O–H groups in total. The average Bonchev–Trinajstić information content (AvgIpc) is 2.73. The van der Waals surface area contributed by atoms with Gasteiger partial charge in [0.1, 0.15) is 12.5 Å². The smallest absolute Gasteiger partial charge is 0.191 e. The van der Waals surface area contributed by atoms with E-state index in [2.05, 4.69) is 63.8 Å². The van der Waals surface area contributed by atoms with Gasteiger partial charge in [0.05, 0.1) is 11.4 Å². The van der Waals surface area contributed by atoms with Crippen LogP contribution in [0.5, 0.6) is 0 Å². The molecule has 0 amide bonds. The van der Waals surface area contributed by atoms with Gasteiger partial charge in [-0.25, -0.2) is 9.37 Å². The summed E-state index contributed by atoms with van der Waals surface area (Å²) in [5, 5.41) is 0.0944. The molecule has 0 fully saturated rings. The number of aliphatic imine (C=N–C) groups is 1. The Morgan fingerprint density at radius 1 is 1.21 bits per heavy atom. The Balaban J connectivity index is 1.75. The van der Waals surface area contributed by atoms with Gasteiger partial charge in [0.15, 0.2) is 19.3 Å². The van der Waals surface area contributed by atoms with E-state index in [1.165, 1.54) is 6.07 Å². The first-order chi connectivity index (χ1) is 15.4. The number of nitrogens with zero attached hydrogens (tertiary/aromatic N) is 4. The van der Waals surface area contributed by atoms with Crippen LogP contribution in [0.25, 0.3) is 0 Å². The normalized spacial score (nSPS) is 14.2. The largest absolute Gasteiger partial charge is 0.417 e. The van der Waals surface area contributed by atoms with Gasteiger partial charge in [-0.05, 0) is 61.0 Å². The molecule has 1 aliphatic heterocycles. The number of hydrogen-bond acceptors (Lipinski definition) is 5. The summed E-state index contributed by atoms with van der Waals surface area (Å²) >= 11 is 6.01. The maximum atomic E-state index is 14.0. The average molecular weight is 491 g/mol. The first kappa shape index (κ1) is 25.8. The lowest BCUT2D eigenvalue weighted by atomic mass is 10.0. The van der Waals surface area contributed by atoms with Crippen LogP contribution in [0, 0.1) is 5.82 Å². The van der Waals surface area contributed by atoms with Crippen molar-refractivity contribution in [2.24, 2.45) is 4.99 Å². The second-order valence-electron chi connectivity index (χ2n) is 10.5. The van der Waals surface area contributed by atoms with E-state index in [4.69, 9.17) is 21.0 Å². The minimum Gasteiger partial charge on any atom is -0.417 e. The van der Waals surface area contributed by atoms with Gasteiger partial charge in [-0.15, -0.1) is 0 Å². The van der Waals surface area contributed by atoms with E-state index in [1.54, 1.807) is 6.21 Å². The monoisotopic (exact) mass is 490 g/mol. The standard InChI is InChI=1S/C25H36ClFN4OSi/c1-17(2)22-21(31-16-28-15-19-13-20(27)23(26)30-24(19)31)12-18(14-29-22)10-8-9-11-32-33(6,7)25(3,4)5/h12-15,17H,8-11,16H2,1-7H3. The summed E-state index contributed by atoms with van der Waals surface area (Å²) in [5.41, 5.74) is 3.69. The third-order valence-corrected chi connectivity index (χ3v) is 11.4. The molecule has 0 saturated heterocycles. The highest BCUT2D eigenvalue weighted by Gasteiger charge is 2.36. The van der Waals surface area contributed by atoms with Crippen molar-refractivity contribution in [3.63, 3.8) is 0 Å². The summed E-state index contributed by atoms with van der Waals surface area (Å²) in [4.78, 5) is 15.5. The summed E-state index contributed by atoms with van der Waals surface area (Å²) in [6.45, 7) is 16.8. The van der Waals surface area contributed by atoms with Crippen LogP contribution >= 0.6 is 11.6 Å². The molecule has 2 aromatic rings. The molecule has 8 heteroatoms. The Bertz CT molecular complexity index is 1020. The van der Waals surface area contributed by atoms with E-state index in [0.717, 1.165) is 42.8 Å². The molecule has 0 spiro atoms. The summed E-state index contributed by atoms with van der Waals surface area (Å²) in [6.07, 6.45) is 6.57. The van der Waals surface area contributed by atoms with Crippen molar-refractivity contribution in [2.45, 2.75) is 77.9 Å². The van der Waals surface area contributed by atoms with Gasteiger partial charge >= 0.3 is 0 Å². The molecule has 180 valence electrons. The van der Waals surface area contributed by atoms with Crippen molar-refractivity contribution in [1.82, 2.24) is 9.97 Å². The molecule has 2 aromatic heterocycles. The van der Waals surface area contributed by atoms with Crippen LogP contribution in [-0.4, -0.2) is 37.8 Å². The summed E-state index contributed by atoms with van der Waals surface area (Å²) in [6, 6.07) is 3.55. The Kier molecular flexibility index (Phi) is 7.97. The number of aryl methyl sites for hydroxylation is 1. The number of pyridine rings is 2. The number of aromatic nitrogens is 2. The van der Waals surface area contributed by atoms with Crippen LogP contribution in [-0.2, 0) is 10.8 Å². The zero-order valence-electron chi connectivity index (χ0n) is 20.9. The van der Waals surface area contributed by atoms with Crippen LogP contribution in [0.15, 0.2) is 23.3 Å². The van der Waals surface area contributed by atoms with Gasteiger partial charge < -0.3 is 9.33 Å². The van der Waals surface area contributed by atoms with E-state index < -0.39 is 14.1 Å². The minimum atomic E-state index is -1.71. The van der Waals surface area contributed by atoms with Crippen LogP contribution in [0.1, 0.15) is 70.2 Å². The number of hydrogen-bond donors (Lipinski definition) is 0. The molecular formula is C25H36ClFN4OSi. The zero-order valence-corrected chi connectivity index (χ0v) is 22.6. The molecule has 0 saturated carbocycles. The quantitative estimate of drug-likeness (QED) is 0.222. The van der Waals surface area contributed by atoms with Gasteiger partial charge in [-0.3, -0.25) is 9.98 Å². The topological polar surface area (TPSA) is 50.6 Å². The predicted octanol–water partition coefficient (Wildman–Crippen LogP) is 7.27. The molecule has 0 aliphatic carbocycles. The van der Waals surface area contributed by atoms with Crippen LogP contribution < -0.4 is 4.90 Å². The summed E-state index contributed by atoms with van der Waals surface area (Å²) in [5.74, 6) is 0.289. The highest BCUT2D eigenvalue weighted by molar-refractivity contribution is 6.74. The molecule has 0 unspecified atom stereocenters. The second kappa shape index (κ2) is 10.2. The van der Waals surface area contributed by atoms with Crippen molar-refractivity contribution >= 4 is 37.6 Å². The predicted molar refractivity (Wildman–Crippen MR) is 138 cm³/mol. The fourth-order valence-electron chi connectivity index (χ4n) is 3.54. The number of halogens is 2. The number of unbranched alkanes of at least 4 members (excludes halogenated alkanes) is 1. The molecule has 3 rings (SSSR count). The van der Waals surface area contributed by atoms with E-state index >= 15 is 0 Å². The van der Waals surface area contributed by atoms with Crippen LogP contribution in [0.3, 0.4) is 0 Å². The lowest BCUT2D eigenvalue weighted by molar-refractivity contribution is 0.279. The van der Waals surface area contributed by atoms with E-state index in [0.29, 0.717) is 18.1 Å². The van der Waals surface area contributed by atoms with Crippen molar-refractivity contribution in [3.8, 4) is 0 Å². The Morgan fingerprint density at radius 2 is 1.94 bits per heavy atom. The maximum Gasteiger partial charge on any atom is 0.191 e. The Hall–Kier alpha value is -1.83. The molecule has 0 atom stereocenters. The van der Waals surface area contributed by atoms with E-state index in [-0.39, 0.29) is 16.1 Å². The molecule has 0 radical (unpaired) electrons. The summed E-state index contributed by atoms with van der Waals surface area (Å²) in [7, 11) is -1.71. The van der Waals surface area contributed by atoms with Crippen molar-refractivity contribution < 1.29 is 8.82 Å². The van der Waals surface area contributed by atoms with Crippen LogP contribution in [0.4, 0.5) is 15.9 Å². The Labute approximate surface area is 203 Å². The molecule has 5 nitrogen and oxygen atoms in total. The van der Waals surface area contributed by atoms with Gasteiger partial charge in [-0.1, -0.05) is 46.2 Å². The van der Waals surface area contributed by atoms with Gasteiger partial charge in [0.2, 0.25) is 0 Å². The van der Waals surface area contributed by atoms with Crippen molar-refractivity contribution in [2.75, 3.05) is 18.2 Å². The van der Waals surface area contributed by atoms with Crippen molar-refractivity contribution in [3.05, 3.63) is 46.1 Å². The second-order valence-corrected chi connectivity index (χ2v) is 15.7. The first-order valence-corrected chi connectivity index (χ1v) is 15.0. The highest BCUT2D eigenvalue weighted by atomic mass is 35.5. The third-order valence-electron chi connectivity index (χ3n) is 6.57. The van der Waals surface area contributed by atoms with Crippen LogP contribution in [0.2, 0.25) is 23.3 Å². The number of rotatable bonds is 8. The third kappa shape index (κ3) is 6.00. The molecule has 3 heterocycles. The molecule has 0 bridgehead atoms. The minimum absolute atomic E-state index is 0.133. The van der Waals surface area contributed by atoms with Gasteiger partial charge in [0.25, 0.3) is 0 Å². The lowest BCUT2D eigenvalue weighted by Crippen LogP contribution is -2.40. The summed E-state index contributed by atoms with van der Waals surface area (Å²) < 4.78 is 20.3. The van der Waals surface area contributed by atoms with E-state index in [1.807, 2.05) is 11.1 Å². The molecule has 0 aromatic carbocycles.